The molecule has 0 spiro atoms. The van der Waals surface area contributed by atoms with E-state index in [0.717, 1.165) is 11.1 Å². The predicted octanol–water partition coefficient (Wildman–Crippen LogP) is 4.18. The number of sulfonamides is 1. The summed E-state index contributed by atoms with van der Waals surface area (Å²) in [6, 6.07) is 37.4. The van der Waals surface area contributed by atoms with Crippen LogP contribution >= 0.6 is 22.6 Å². The zero-order chi connectivity index (χ0) is 26.1. The van der Waals surface area contributed by atoms with Crippen LogP contribution in [0.25, 0.3) is 4.72 Å². The summed E-state index contributed by atoms with van der Waals surface area (Å²) in [5.74, 6) is 0. The van der Waals surface area contributed by atoms with E-state index in [2.05, 4.69) is 68.6 Å². The molecule has 4 aromatic rings. The van der Waals surface area contributed by atoms with Gasteiger partial charge in [-0.1, -0.05) is 137 Å². The SMILES string of the molecule is Cc1ccc(S(=O)(=O)[N-]C(CI)C(Cc2ccccc2)N(Cc2ccccc2)Cc2ccccc2)cc1.[Li+]. The van der Waals surface area contributed by atoms with E-state index in [1.165, 1.54) is 11.1 Å². The molecule has 2 unspecified atom stereocenters. The van der Waals surface area contributed by atoms with Crippen LogP contribution in [-0.2, 0) is 29.5 Å². The first-order chi connectivity index (χ1) is 17.9. The molecule has 192 valence electrons. The molecule has 0 amide bonds. The first-order valence-electron chi connectivity index (χ1n) is 12.4. The van der Waals surface area contributed by atoms with Crippen molar-refractivity contribution in [2.24, 2.45) is 0 Å². The van der Waals surface area contributed by atoms with Gasteiger partial charge < -0.3 is 4.72 Å². The smallest absolute Gasteiger partial charge is 0.540 e. The number of aryl methyl sites for hydroxylation is 1. The van der Waals surface area contributed by atoms with Gasteiger partial charge in [-0.05, 0) is 52.6 Å². The zero-order valence-corrected chi connectivity index (χ0v) is 24.9. The Hall–Kier alpha value is -1.92. The van der Waals surface area contributed by atoms with Crippen molar-refractivity contribution in [3.8, 4) is 0 Å². The topological polar surface area (TPSA) is 51.5 Å². The largest absolute Gasteiger partial charge is 1.00 e. The van der Waals surface area contributed by atoms with Gasteiger partial charge in [-0.25, -0.2) is 8.42 Å². The average molecular weight is 631 g/mol. The molecule has 2 atom stereocenters. The quantitative estimate of drug-likeness (QED) is 0.134. The van der Waals surface area contributed by atoms with Crippen molar-refractivity contribution in [3.05, 3.63) is 142 Å². The molecular weight excluding hydrogens is 598 g/mol. The van der Waals surface area contributed by atoms with Crippen molar-refractivity contribution in [2.45, 2.75) is 43.4 Å². The Balaban J connectivity index is 0.00000400. The van der Waals surface area contributed by atoms with Gasteiger partial charge in [0.25, 0.3) is 0 Å². The van der Waals surface area contributed by atoms with Crippen molar-refractivity contribution in [2.75, 3.05) is 4.43 Å². The maximum absolute atomic E-state index is 13.4. The molecule has 38 heavy (non-hydrogen) atoms. The third-order valence-electron chi connectivity index (χ3n) is 6.41. The number of hydrogen-bond donors (Lipinski definition) is 0. The summed E-state index contributed by atoms with van der Waals surface area (Å²) in [4.78, 5) is 2.62. The molecule has 0 aliphatic rings. The summed E-state index contributed by atoms with van der Waals surface area (Å²) in [5.41, 5.74) is 4.55. The van der Waals surface area contributed by atoms with Crippen LogP contribution in [0.3, 0.4) is 0 Å². The van der Waals surface area contributed by atoms with Crippen LogP contribution in [-0.4, -0.2) is 29.8 Å². The van der Waals surface area contributed by atoms with E-state index in [0.29, 0.717) is 23.9 Å². The molecule has 0 saturated carbocycles. The van der Waals surface area contributed by atoms with E-state index in [4.69, 9.17) is 0 Å². The van der Waals surface area contributed by atoms with Crippen LogP contribution in [0.5, 0.6) is 0 Å². The summed E-state index contributed by atoms with van der Waals surface area (Å²) in [7, 11) is -3.81. The second-order valence-electron chi connectivity index (χ2n) is 9.25. The third kappa shape index (κ3) is 8.80. The van der Waals surface area contributed by atoms with Gasteiger partial charge in [-0.3, -0.25) is 4.90 Å². The van der Waals surface area contributed by atoms with Gasteiger partial charge in [-0.2, -0.15) is 0 Å². The van der Waals surface area contributed by atoms with Crippen molar-refractivity contribution in [1.29, 1.82) is 0 Å². The minimum absolute atomic E-state index is 0. The van der Waals surface area contributed by atoms with Gasteiger partial charge in [0.05, 0.1) is 0 Å². The van der Waals surface area contributed by atoms with Crippen LogP contribution in [0.1, 0.15) is 22.3 Å². The number of halogens is 1. The van der Waals surface area contributed by atoms with Crippen LogP contribution < -0.4 is 18.9 Å². The Bertz CT molecular complexity index is 1300. The van der Waals surface area contributed by atoms with Gasteiger partial charge in [0, 0.05) is 18.0 Å². The van der Waals surface area contributed by atoms with Gasteiger partial charge in [0.2, 0.25) is 0 Å². The van der Waals surface area contributed by atoms with Gasteiger partial charge in [0.1, 0.15) is 10.0 Å². The van der Waals surface area contributed by atoms with Gasteiger partial charge in [-0.15, -0.1) is 0 Å². The number of rotatable bonds is 12. The maximum atomic E-state index is 13.4. The normalized spacial score (nSPS) is 13.0. The Kier molecular flexibility index (Phi) is 12.1. The molecular formula is C31H32ILiN2O2S. The first kappa shape index (κ1) is 30.6. The van der Waals surface area contributed by atoms with Crippen LogP contribution in [0, 0.1) is 6.92 Å². The summed E-state index contributed by atoms with van der Waals surface area (Å²) in [6.45, 7) is 3.34. The van der Waals surface area contributed by atoms with Crippen LogP contribution in [0.15, 0.2) is 120 Å². The monoisotopic (exact) mass is 630 g/mol. The molecule has 0 radical (unpaired) electrons. The minimum Gasteiger partial charge on any atom is -0.540 e. The third-order valence-corrected chi connectivity index (χ3v) is 8.73. The van der Waals surface area contributed by atoms with Crippen molar-refractivity contribution < 1.29 is 27.3 Å². The zero-order valence-electron chi connectivity index (χ0n) is 21.9. The molecule has 4 aromatic carbocycles. The Morgan fingerprint density at radius 1 is 0.711 bits per heavy atom. The molecule has 0 heterocycles. The van der Waals surface area contributed by atoms with Gasteiger partial charge >= 0.3 is 18.9 Å². The molecule has 0 bridgehead atoms. The number of alkyl halides is 1. The standard InChI is InChI=1S/C31H32IN2O2S.Li/c1-25-17-19-29(20-18-25)37(35,36)33-30(22-32)31(21-26-11-5-2-6-12-26)34(23-27-13-7-3-8-14-27)24-28-15-9-4-10-16-28;/h2-20,30-31H,21-24H2,1H3;/q-1;+1. The molecule has 4 rings (SSSR count). The first-order valence-corrected chi connectivity index (χ1v) is 15.4. The minimum atomic E-state index is -3.81. The molecule has 0 aliphatic carbocycles. The molecule has 0 saturated heterocycles. The fourth-order valence-corrected chi connectivity index (χ4v) is 6.67. The van der Waals surface area contributed by atoms with E-state index in [1.807, 2.05) is 73.7 Å². The second kappa shape index (κ2) is 15.0. The van der Waals surface area contributed by atoms with Crippen molar-refractivity contribution >= 4 is 32.6 Å². The van der Waals surface area contributed by atoms with Crippen molar-refractivity contribution in [1.82, 2.24) is 4.90 Å². The fourth-order valence-electron chi connectivity index (χ4n) is 4.44. The molecule has 0 N–H and O–H groups in total. The molecule has 7 heteroatoms. The maximum Gasteiger partial charge on any atom is 1.00 e. The van der Waals surface area contributed by atoms with E-state index >= 15 is 0 Å². The number of nitrogens with zero attached hydrogens (tertiary/aromatic N) is 2. The fraction of sp³-hybridized carbons (Fsp3) is 0.226. The number of benzene rings is 4. The molecule has 0 aliphatic heterocycles. The molecule has 4 nitrogen and oxygen atoms in total. The Labute approximate surface area is 253 Å². The summed E-state index contributed by atoms with van der Waals surface area (Å²) < 4.78 is 32.0. The molecule has 0 fully saturated rings. The molecule has 0 aromatic heterocycles. The van der Waals surface area contributed by atoms with Gasteiger partial charge in [0.15, 0.2) is 0 Å². The van der Waals surface area contributed by atoms with E-state index in [-0.39, 0.29) is 29.8 Å². The predicted molar refractivity (Wildman–Crippen MR) is 160 cm³/mol. The van der Waals surface area contributed by atoms with E-state index < -0.39 is 16.1 Å². The summed E-state index contributed by atoms with van der Waals surface area (Å²) in [5, 5.41) is 0. The van der Waals surface area contributed by atoms with Crippen LogP contribution in [0.2, 0.25) is 0 Å². The Morgan fingerprint density at radius 3 is 1.61 bits per heavy atom. The average Bonchev–Trinajstić information content (AvgIpc) is 2.92. The van der Waals surface area contributed by atoms with E-state index in [9.17, 15) is 8.42 Å². The summed E-state index contributed by atoms with van der Waals surface area (Å²) in [6.07, 6.45) is 0.696. The van der Waals surface area contributed by atoms with Crippen molar-refractivity contribution in [3.63, 3.8) is 0 Å². The number of hydrogen-bond acceptors (Lipinski definition) is 3. The van der Waals surface area contributed by atoms with E-state index in [1.54, 1.807) is 12.1 Å². The second-order valence-corrected chi connectivity index (χ2v) is 11.8. The van der Waals surface area contributed by atoms with Crippen LogP contribution in [0.4, 0.5) is 0 Å². The summed E-state index contributed by atoms with van der Waals surface area (Å²) >= 11 is 2.28. The Morgan fingerprint density at radius 2 is 1.16 bits per heavy atom.